The molecule has 0 radical (unpaired) electrons. The second-order valence-corrected chi connectivity index (χ2v) is 4.16. The Labute approximate surface area is 114 Å². The Hall–Kier alpha value is -1.39. The van der Waals surface area contributed by atoms with Crippen LogP contribution in [0.4, 0.5) is 14.5 Å². The highest BCUT2D eigenvalue weighted by molar-refractivity contribution is 14.1. The molecular weight excluding hydrogens is 365 g/mol. The van der Waals surface area contributed by atoms with Crippen LogP contribution in [0.2, 0.25) is 0 Å². The van der Waals surface area contributed by atoms with Crippen molar-refractivity contribution in [1.82, 2.24) is 4.98 Å². The van der Waals surface area contributed by atoms with Gasteiger partial charge in [0, 0.05) is 6.20 Å². The van der Waals surface area contributed by atoms with Crippen molar-refractivity contribution in [3.05, 3.63) is 31.1 Å². The van der Waals surface area contributed by atoms with Gasteiger partial charge in [-0.05, 0) is 29.5 Å². The van der Waals surface area contributed by atoms with Crippen molar-refractivity contribution in [2.45, 2.75) is 13.3 Å². The highest BCUT2D eigenvalue weighted by atomic mass is 127. The first-order chi connectivity index (χ1) is 8.40. The van der Waals surface area contributed by atoms with E-state index in [-0.39, 0.29) is 10.2 Å². The smallest absolute Gasteiger partial charge is 0.357 e. The van der Waals surface area contributed by atoms with Gasteiger partial charge in [0.05, 0.1) is 11.5 Å². The summed E-state index contributed by atoms with van der Waals surface area (Å²) in [5, 5.41) is 10.8. The maximum absolute atomic E-state index is 12.9. The lowest BCUT2D eigenvalue weighted by Gasteiger charge is -2.08. The van der Waals surface area contributed by atoms with E-state index in [1.807, 2.05) is 0 Å². The minimum absolute atomic E-state index is 0.0387. The highest BCUT2D eigenvalue weighted by Gasteiger charge is 2.33. The number of halogens is 3. The molecule has 0 spiro atoms. The molecule has 0 aliphatic heterocycles. The zero-order valence-electron chi connectivity index (χ0n) is 9.02. The summed E-state index contributed by atoms with van der Waals surface area (Å²) >= 11 is 1.51. The van der Waals surface area contributed by atoms with Crippen LogP contribution in [0.5, 0.6) is 0 Å². The number of carbonyl (C=O) groups is 1. The largest absolute Gasteiger partial charge is 0.461 e. The Morgan fingerprint density at radius 2 is 2.28 bits per heavy atom. The van der Waals surface area contributed by atoms with Crippen LogP contribution in [0.25, 0.3) is 0 Å². The van der Waals surface area contributed by atoms with Gasteiger partial charge in [-0.15, -0.1) is 0 Å². The quantitative estimate of drug-likeness (QED) is 0.351. The molecule has 0 aromatic carbocycles. The van der Waals surface area contributed by atoms with E-state index in [9.17, 15) is 23.7 Å². The van der Waals surface area contributed by atoms with Crippen molar-refractivity contribution in [2.75, 3.05) is 6.61 Å². The van der Waals surface area contributed by atoms with Crippen molar-refractivity contribution >= 4 is 34.2 Å². The molecule has 1 aromatic rings. The van der Waals surface area contributed by atoms with E-state index in [1.54, 1.807) is 0 Å². The lowest BCUT2D eigenvalue weighted by Crippen LogP contribution is -2.13. The minimum Gasteiger partial charge on any atom is -0.461 e. The fourth-order valence-corrected chi connectivity index (χ4v) is 1.87. The standard InChI is InChI=1S/C9H7F2IN2O4/c1-2-18-9(15)6-5(8(10)11)7(14(16)17)4(12)3-13-6/h3,8H,2H2,1H3. The second-order valence-electron chi connectivity index (χ2n) is 3.00. The van der Waals surface area contributed by atoms with Crippen LogP contribution in [0.1, 0.15) is 29.4 Å². The SMILES string of the molecule is CCOC(=O)c1ncc(I)c([N+](=O)[O-])c1C(F)F. The van der Waals surface area contributed by atoms with E-state index >= 15 is 0 Å². The van der Waals surface area contributed by atoms with Gasteiger partial charge in [-0.3, -0.25) is 10.1 Å². The third-order valence-electron chi connectivity index (χ3n) is 1.91. The lowest BCUT2D eigenvalue weighted by atomic mass is 10.1. The van der Waals surface area contributed by atoms with Gasteiger partial charge in [0.15, 0.2) is 5.69 Å². The number of nitrogens with zero attached hydrogens (tertiary/aromatic N) is 2. The first-order valence-electron chi connectivity index (χ1n) is 4.68. The van der Waals surface area contributed by atoms with E-state index in [0.29, 0.717) is 0 Å². The van der Waals surface area contributed by atoms with E-state index < -0.39 is 34.3 Å². The monoisotopic (exact) mass is 372 g/mol. The van der Waals surface area contributed by atoms with E-state index in [1.165, 1.54) is 29.5 Å². The summed E-state index contributed by atoms with van der Waals surface area (Å²) in [6.07, 6.45) is -2.20. The number of hydrogen-bond acceptors (Lipinski definition) is 5. The molecule has 0 fully saturated rings. The Morgan fingerprint density at radius 1 is 1.67 bits per heavy atom. The van der Waals surface area contributed by atoms with Crippen LogP contribution >= 0.6 is 22.6 Å². The summed E-state index contributed by atoms with van der Waals surface area (Å²) in [6.45, 7) is 1.45. The van der Waals surface area contributed by atoms with Gasteiger partial charge in [0.1, 0.15) is 9.13 Å². The fourth-order valence-electron chi connectivity index (χ4n) is 1.25. The zero-order chi connectivity index (χ0) is 13.9. The summed E-state index contributed by atoms with van der Waals surface area (Å²) in [4.78, 5) is 24.7. The highest BCUT2D eigenvalue weighted by Crippen LogP contribution is 2.34. The molecule has 0 bridgehead atoms. The topological polar surface area (TPSA) is 82.3 Å². The van der Waals surface area contributed by atoms with Crippen molar-refractivity contribution in [2.24, 2.45) is 0 Å². The molecule has 1 heterocycles. The maximum atomic E-state index is 12.9. The number of esters is 1. The second kappa shape index (κ2) is 5.98. The van der Waals surface area contributed by atoms with Crippen LogP contribution < -0.4 is 0 Å². The third-order valence-corrected chi connectivity index (χ3v) is 2.70. The summed E-state index contributed by atoms with van der Waals surface area (Å²) in [6, 6.07) is 0. The Kier molecular flexibility index (Phi) is 4.87. The molecule has 0 saturated carbocycles. The van der Waals surface area contributed by atoms with Crippen LogP contribution in [-0.4, -0.2) is 22.5 Å². The molecule has 1 rings (SSSR count). The van der Waals surface area contributed by atoms with Crippen LogP contribution in [0, 0.1) is 13.7 Å². The van der Waals surface area contributed by atoms with E-state index in [4.69, 9.17) is 0 Å². The van der Waals surface area contributed by atoms with Crippen LogP contribution in [0.15, 0.2) is 6.20 Å². The molecule has 9 heteroatoms. The number of hydrogen-bond donors (Lipinski definition) is 0. The van der Waals surface area contributed by atoms with Crippen molar-refractivity contribution in [3.8, 4) is 0 Å². The van der Waals surface area contributed by atoms with Crippen molar-refractivity contribution in [3.63, 3.8) is 0 Å². The number of aromatic nitrogens is 1. The van der Waals surface area contributed by atoms with Gasteiger partial charge in [0.25, 0.3) is 12.1 Å². The first kappa shape index (κ1) is 14.7. The number of carbonyl (C=O) groups excluding carboxylic acids is 1. The maximum Gasteiger partial charge on any atom is 0.357 e. The Morgan fingerprint density at radius 3 is 2.72 bits per heavy atom. The lowest BCUT2D eigenvalue weighted by molar-refractivity contribution is -0.387. The minimum atomic E-state index is -3.19. The van der Waals surface area contributed by atoms with Gasteiger partial charge in [0.2, 0.25) is 0 Å². The van der Waals surface area contributed by atoms with Gasteiger partial charge in [-0.2, -0.15) is 0 Å². The Balaban J connectivity index is 3.49. The number of rotatable bonds is 4. The number of alkyl halides is 2. The van der Waals surface area contributed by atoms with Crippen LogP contribution in [-0.2, 0) is 4.74 Å². The summed E-state index contributed by atoms with van der Waals surface area (Å²) in [5.74, 6) is -1.10. The van der Waals surface area contributed by atoms with Crippen LogP contribution in [0.3, 0.4) is 0 Å². The molecule has 0 atom stereocenters. The predicted octanol–water partition coefficient (Wildman–Crippen LogP) is 2.71. The van der Waals surface area contributed by atoms with Gasteiger partial charge in [-0.1, -0.05) is 0 Å². The number of nitro groups is 1. The fraction of sp³-hybridized carbons (Fsp3) is 0.333. The molecule has 0 aliphatic carbocycles. The number of pyridine rings is 1. The van der Waals surface area contributed by atoms with Gasteiger partial charge >= 0.3 is 5.97 Å². The molecule has 0 saturated heterocycles. The summed E-state index contributed by atoms with van der Waals surface area (Å²) < 4.78 is 30.2. The summed E-state index contributed by atoms with van der Waals surface area (Å²) in [5.41, 5.74) is -2.55. The predicted molar refractivity (Wildman–Crippen MR) is 64.5 cm³/mol. The Bertz CT molecular complexity index is 496. The van der Waals surface area contributed by atoms with Gasteiger partial charge < -0.3 is 4.74 Å². The molecule has 1 aromatic heterocycles. The molecule has 98 valence electrons. The molecule has 18 heavy (non-hydrogen) atoms. The van der Waals surface area contributed by atoms with Gasteiger partial charge in [-0.25, -0.2) is 18.6 Å². The van der Waals surface area contributed by atoms with Crippen molar-refractivity contribution in [1.29, 1.82) is 0 Å². The summed E-state index contributed by atoms with van der Waals surface area (Å²) in [7, 11) is 0. The van der Waals surface area contributed by atoms with Crippen molar-refractivity contribution < 1.29 is 23.2 Å². The van der Waals surface area contributed by atoms with E-state index in [0.717, 1.165) is 6.20 Å². The normalized spacial score (nSPS) is 10.5. The average Bonchev–Trinajstić information content (AvgIpc) is 2.27. The van der Waals surface area contributed by atoms with E-state index in [2.05, 4.69) is 9.72 Å². The molecule has 0 aliphatic rings. The third kappa shape index (κ3) is 2.89. The molecule has 0 N–H and O–H groups in total. The molecule has 0 unspecified atom stereocenters. The number of ether oxygens (including phenoxy) is 1. The zero-order valence-corrected chi connectivity index (χ0v) is 11.2. The first-order valence-corrected chi connectivity index (χ1v) is 5.76. The average molecular weight is 372 g/mol. The molecule has 0 amide bonds. The molecular formula is C9H7F2IN2O4. The molecule has 6 nitrogen and oxygen atoms in total.